The quantitative estimate of drug-likeness (QED) is 0.601. The van der Waals surface area contributed by atoms with E-state index in [9.17, 15) is 9.59 Å². The van der Waals surface area contributed by atoms with Crippen LogP contribution in [0.2, 0.25) is 0 Å². The summed E-state index contributed by atoms with van der Waals surface area (Å²) in [6, 6.07) is 15.1. The van der Waals surface area contributed by atoms with Crippen LogP contribution >= 0.6 is 0 Å². The average molecular weight is 397 g/mol. The molecule has 0 radical (unpaired) electrons. The lowest BCUT2D eigenvalue weighted by molar-refractivity contribution is -0.121. The molecule has 2 aromatic carbocycles. The molecule has 1 aromatic heterocycles. The monoisotopic (exact) mass is 397 g/mol. The molecule has 7 heteroatoms. The summed E-state index contributed by atoms with van der Waals surface area (Å²) >= 11 is 0. The molecular weight excluding hydrogens is 370 g/mol. The van der Waals surface area contributed by atoms with Crippen molar-refractivity contribution < 1.29 is 13.9 Å². The second-order valence-corrected chi connectivity index (χ2v) is 7.12. The third kappa shape index (κ3) is 4.86. The molecular formula is C22H27N3O4. The van der Waals surface area contributed by atoms with Gasteiger partial charge >= 0.3 is 5.76 Å². The molecule has 0 aliphatic heterocycles. The van der Waals surface area contributed by atoms with Gasteiger partial charge in [-0.3, -0.25) is 9.36 Å². The van der Waals surface area contributed by atoms with E-state index in [-0.39, 0.29) is 11.9 Å². The summed E-state index contributed by atoms with van der Waals surface area (Å²) in [4.78, 5) is 26.4. The SMILES string of the molecule is COc1ccccc1[C@@H](CNC(=O)CCCn1c(=O)oc2ccccc21)N(C)C. The molecule has 3 rings (SSSR count). The van der Waals surface area contributed by atoms with Gasteiger partial charge in [-0.25, -0.2) is 4.79 Å². The van der Waals surface area contributed by atoms with Crippen LogP contribution in [0.25, 0.3) is 11.1 Å². The van der Waals surface area contributed by atoms with Crippen molar-refractivity contribution in [2.45, 2.75) is 25.4 Å². The number of hydrogen-bond donors (Lipinski definition) is 1. The molecule has 0 saturated carbocycles. The van der Waals surface area contributed by atoms with Gasteiger partial charge in [0, 0.05) is 25.1 Å². The fraction of sp³-hybridized carbons (Fsp3) is 0.364. The number of benzene rings is 2. The first-order valence-corrected chi connectivity index (χ1v) is 9.65. The van der Waals surface area contributed by atoms with Crippen LogP contribution in [-0.4, -0.2) is 43.1 Å². The number of hydrogen-bond acceptors (Lipinski definition) is 5. The summed E-state index contributed by atoms with van der Waals surface area (Å²) in [5.74, 6) is 0.356. The van der Waals surface area contributed by atoms with E-state index in [2.05, 4.69) is 10.2 Å². The Labute approximate surface area is 169 Å². The Morgan fingerprint density at radius 3 is 2.66 bits per heavy atom. The van der Waals surface area contributed by atoms with Gasteiger partial charge < -0.3 is 19.4 Å². The van der Waals surface area contributed by atoms with Crippen molar-refractivity contribution in [3.05, 3.63) is 64.6 Å². The minimum absolute atomic E-state index is 0.00413. The molecule has 29 heavy (non-hydrogen) atoms. The lowest BCUT2D eigenvalue weighted by Crippen LogP contribution is -2.34. The van der Waals surface area contributed by atoms with Crippen LogP contribution < -0.4 is 15.8 Å². The molecule has 0 aliphatic rings. The van der Waals surface area contributed by atoms with E-state index in [0.717, 1.165) is 16.8 Å². The number of methoxy groups -OCH3 is 1. The van der Waals surface area contributed by atoms with Crippen molar-refractivity contribution in [3.8, 4) is 5.75 Å². The minimum Gasteiger partial charge on any atom is -0.496 e. The number of oxazole rings is 1. The minimum atomic E-state index is -0.393. The van der Waals surface area contributed by atoms with Crippen LogP contribution in [0.15, 0.2) is 57.7 Å². The van der Waals surface area contributed by atoms with E-state index >= 15 is 0 Å². The fourth-order valence-corrected chi connectivity index (χ4v) is 3.43. The first-order chi connectivity index (χ1) is 14.0. The van der Waals surface area contributed by atoms with Gasteiger partial charge in [0.15, 0.2) is 5.58 Å². The summed E-state index contributed by atoms with van der Waals surface area (Å²) in [5, 5.41) is 3.00. The Hall–Kier alpha value is -3.06. The Balaban J connectivity index is 1.56. The summed E-state index contributed by atoms with van der Waals surface area (Å²) in [7, 11) is 5.59. The van der Waals surface area contributed by atoms with Gasteiger partial charge in [0.2, 0.25) is 5.91 Å². The third-order valence-corrected chi connectivity index (χ3v) is 4.97. The molecule has 1 N–H and O–H groups in total. The molecule has 7 nitrogen and oxygen atoms in total. The molecule has 3 aromatic rings. The predicted molar refractivity (Wildman–Crippen MR) is 112 cm³/mol. The summed E-state index contributed by atoms with van der Waals surface area (Å²) < 4.78 is 12.2. The molecule has 0 spiro atoms. The third-order valence-electron chi connectivity index (χ3n) is 4.97. The second kappa shape index (κ2) is 9.43. The van der Waals surface area contributed by atoms with E-state index in [0.29, 0.717) is 31.5 Å². The Bertz CT molecular complexity index is 1020. The smallest absolute Gasteiger partial charge is 0.419 e. The number of nitrogens with zero attached hydrogens (tertiary/aromatic N) is 2. The van der Waals surface area contributed by atoms with Crippen molar-refractivity contribution in [1.82, 2.24) is 14.8 Å². The summed E-state index contributed by atoms with van der Waals surface area (Å²) in [6.45, 7) is 0.910. The van der Waals surface area contributed by atoms with E-state index in [1.165, 1.54) is 0 Å². The number of aryl methyl sites for hydroxylation is 1. The second-order valence-electron chi connectivity index (χ2n) is 7.12. The largest absolute Gasteiger partial charge is 0.496 e. The number of nitrogens with one attached hydrogen (secondary N) is 1. The average Bonchev–Trinajstić information content (AvgIpc) is 3.03. The topological polar surface area (TPSA) is 76.7 Å². The molecule has 1 atom stereocenters. The van der Waals surface area contributed by atoms with Crippen molar-refractivity contribution in [2.24, 2.45) is 0 Å². The number of rotatable bonds is 9. The maximum absolute atomic E-state index is 12.4. The van der Waals surface area contributed by atoms with E-state index in [4.69, 9.17) is 9.15 Å². The zero-order chi connectivity index (χ0) is 20.8. The number of carbonyl (C=O) groups excluding carboxylic acids is 1. The standard InChI is InChI=1S/C22H27N3O4/c1-24(2)18(16-9-4-6-11-19(16)28-3)15-23-21(26)13-8-14-25-17-10-5-7-12-20(17)29-22(25)27/h4-7,9-12,18H,8,13-15H2,1-3H3,(H,23,26)/t18-/m1/s1. The van der Waals surface area contributed by atoms with Crippen LogP contribution in [0.4, 0.5) is 0 Å². The van der Waals surface area contributed by atoms with Gasteiger partial charge in [0.1, 0.15) is 5.75 Å². The number of ether oxygens (including phenoxy) is 1. The first-order valence-electron chi connectivity index (χ1n) is 9.65. The Morgan fingerprint density at radius 2 is 1.90 bits per heavy atom. The van der Waals surface area contributed by atoms with Gasteiger partial charge in [-0.1, -0.05) is 30.3 Å². The van der Waals surface area contributed by atoms with E-state index in [1.54, 1.807) is 17.7 Å². The summed E-state index contributed by atoms with van der Waals surface area (Å²) in [6.07, 6.45) is 0.884. The van der Waals surface area contributed by atoms with E-state index in [1.807, 2.05) is 56.6 Å². The van der Waals surface area contributed by atoms with Crippen LogP contribution in [0.5, 0.6) is 5.75 Å². The van der Waals surface area contributed by atoms with Gasteiger partial charge in [0.05, 0.1) is 18.7 Å². The molecule has 0 aliphatic carbocycles. The van der Waals surface area contributed by atoms with Crippen molar-refractivity contribution in [3.63, 3.8) is 0 Å². The van der Waals surface area contributed by atoms with Crippen molar-refractivity contribution >= 4 is 17.0 Å². The molecule has 0 saturated heterocycles. The highest BCUT2D eigenvalue weighted by atomic mass is 16.5. The molecule has 1 amide bonds. The molecule has 0 unspecified atom stereocenters. The van der Waals surface area contributed by atoms with Crippen LogP contribution in [0.3, 0.4) is 0 Å². The normalized spacial score (nSPS) is 12.3. The number of likely N-dealkylation sites (N-methyl/N-ethyl adjacent to an activating group) is 1. The zero-order valence-electron chi connectivity index (χ0n) is 17.1. The Kier molecular flexibility index (Phi) is 6.72. The first kappa shape index (κ1) is 20.7. The van der Waals surface area contributed by atoms with Crippen LogP contribution in [0, 0.1) is 0 Å². The maximum atomic E-state index is 12.4. The number of aromatic nitrogens is 1. The van der Waals surface area contributed by atoms with E-state index < -0.39 is 5.76 Å². The maximum Gasteiger partial charge on any atom is 0.419 e. The number of fused-ring (bicyclic) bond motifs is 1. The predicted octanol–water partition coefficient (Wildman–Crippen LogP) is 2.80. The fourth-order valence-electron chi connectivity index (χ4n) is 3.43. The van der Waals surface area contributed by atoms with Crippen molar-refractivity contribution in [2.75, 3.05) is 27.7 Å². The molecule has 0 bridgehead atoms. The lowest BCUT2D eigenvalue weighted by Gasteiger charge is -2.26. The zero-order valence-corrected chi connectivity index (χ0v) is 17.1. The molecule has 1 heterocycles. The van der Waals surface area contributed by atoms with Crippen LogP contribution in [0.1, 0.15) is 24.4 Å². The molecule has 0 fully saturated rings. The van der Waals surface area contributed by atoms with Gasteiger partial charge in [0.25, 0.3) is 0 Å². The van der Waals surface area contributed by atoms with Crippen molar-refractivity contribution in [1.29, 1.82) is 0 Å². The van der Waals surface area contributed by atoms with Gasteiger partial charge in [-0.05, 0) is 38.7 Å². The Morgan fingerprint density at radius 1 is 1.17 bits per heavy atom. The highest BCUT2D eigenvalue weighted by Gasteiger charge is 2.19. The lowest BCUT2D eigenvalue weighted by atomic mass is 10.0. The summed E-state index contributed by atoms with van der Waals surface area (Å²) in [5.41, 5.74) is 2.34. The number of carbonyl (C=O) groups is 1. The van der Waals surface area contributed by atoms with Gasteiger partial charge in [-0.2, -0.15) is 0 Å². The van der Waals surface area contributed by atoms with Crippen LogP contribution in [-0.2, 0) is 11.3 Å². The van der Waals surface area contributed by atoms with Gasteiger partial charge in [-0.15, -0.1) is 0 Å². The molecule has 154 valence electrons. The number of para-hydroxylation sites is 3. The highest BCUT2D eigenvalue weighted by molar-refractivity contribution is 5.76. The highest BCUT2D eigenvalue weighted by Crippen LogP contribution is 2.27. The number of amides is 1.